The molecule has 0 radical (unpaired) electrons. The van der Waals surface area contributed by atoms with Gasteiger partial charge in [-0.15, -0.1) is 0 Å². The molecule has 0 saturated carbocycles. The van der Waals surface area contributed by atoms with Gasteiger partial charge >= 0.3 is 0 Å². The number of carbonyl (C=O) groups is 1. The van der Waals surface area contributed by atoms with Crippen LogP contribution in [0.1, 0.15) is 29.1 Å². The van der Waals surface area contributed by atoms with Gasteiger partial charge in [0.2, 0.25) is 0 Å². The van der Waals surface area contributed by atoms with E-state index < -0.39 is 21.0 Å². The summed E-state index contributed by atoms with van der Waals surface area (Å²) in [4.78, 5) is 22.7. The van der Waals surface area contributed by atoms with Crippen molar-refractivity contribution in [2.24, 2.45) is 0 Å². The molecule has 1 atom stereocenters. The largest absolute Gasteiger partial charge is 0.493 e. The summed E-state index contributed by atoms with van der Waals surface area (Å²) in [5.74, 6) is 0.771. The van der Waals surface area contributed by atoms with E-state index in [1.54, 1.807) is 20.1 Å². The molecular weight excluding hydrogens is 474 g/mol. The molecule has 180 valence electrons. The standard InChI is InChI=1S/C24H21N3O7S/c1-15(22-13-17-5-3-8-21(33-2)23(17)34-22)25-24(28)16-9-11-18(12-10-16)26-35(31,32)20-7-4-6-19(14-20)27(29)30/h3-15,26H,1-2H3,(H,25,28). The number of fused-ring (bicyclic) bond motifs is 1. The number of methoxy groups -OCH3 is 1. The molecule has 4 rings (SSSR count). The van der Waals surface area contributed by atoms with Crippen LogP contribution in [0.3, 0.4) is 0 Å². The number of benzene rings is 3. The second kappa shape index (κ2) is 9.47. The molecule has 0 aliphatic carbocycles. The predicted molar refractivity (Wildman–Crippen MR) is 129 cm³/mol. The third kappa shape index (κ3) is 5.09. The number of ether oxygens (including phenoxy) is 1. The number of rotatable bonds is 8. The lowest BCUT2D eigenvalue weighted by Crippen LogP contribution is -2.26. The van der Waals surface area contributed by atoms with Gasteiger partial charge in [-0.25, -0.2) is 8.42 Å². The number of para-hydroxylation sites is 1. The summed E-state index contributed by atoms with van der Waals surface area (Å²) in [6.07, 6.45) is 0. The second-order valence-electron chi connectivity index (χ2n) is 7.66. The minimum atomic E-state index is -4.05. The zero-order valence-corrected chi connectivity index (χ0v) is 19.5. The molecule has 3 aromatic carbocycles. The van der Waals surface area contributed by atoms with Crippen molar-refractivity contribution in [1.82, 2.24) is 5.32 Å². The molecule has 0 fully saturated rings. The maximum absolute atomic E-state index is 12.7. The average Bonchev–Trinajstić information content (AvgIpc) is 3.29. The number of nitro groups is 1. The van der Waals surface area contributed by atoms with Crippen molar-refractivity contribution in [1.29, 1.82) is 0 Å². The lowest BCUT2D eigenvalue weighted by atomic mass is 10.1. The number of furan rings is 1. The number of amides is 1. The fraction of sp³-hybridized carbons (Fsp3) is 0.125. The van der Waals surface area contributed by atoms with Gasteiger partial charge in [-0.1, -0.05) is 18.2 Å². The normalized spacial score (nSPS) is 12.2. The topological polar surface area (TPSA) is 141 Å². The highest BCUT2D eigenvalue weighted by Gasteiger charge is 2.19. The Bertz CT molecular complexity index is 1510. The van der Waals surface area contributed by atoms with Crippen LogP contribution in [-0.2, 0) is 10.0 Å². The monoisotopic (exact) mass is 495 g/mol. The van der Waals surface area contributed by atoms with Crippen LogP contribution in [0.25, 0.3) is 11.0 Å². The molecule has 0 spiro atoms. The van der Waals surface area contributed by atoms with E-state index in [1.807, 2.05) is 18.2 Å². The smallest absolute Gasteiger partial charge is 0.270 e. The van der Waals surface area contributed by atoms with Crippen molar-refractivity contribution < 1.29 is 27.3 Å². The molecule has 1 unspecified atom stereocenters. The number of sulfonamides is 1. The molecule has 1 heterocycles. The van der Waals surface area contributed by atoms with E-state index in [1.165, 1.54) is 42.5 Å². The maximum Gasteiger partial charge on any atom is 0.270 e. The van der Waals surface area contributed by atoms with Gasteiger partial charge in [-0.3, -0.25) is 19.6 Å². The summed E-state index contributed by atoms with van der Waals surface area (Å²) < 4.78 is 38.7. The molecule has 0 saturated heterocycles. The van der Waals surface area contributed by atoms with Crippen molar-refractivity contribution in [3.8, 4) is 5.75 Å². The molecule has 0 aliphatic rings. The molecule has 1 aromatic heterocycles. The molecule has 11 heteroatoms. The van der Waals surface area contributed by atoms with Crippen LogP contribution in [0.5, 0.6) is 5.75 Å². The highest BCUT2D eigenvalue weighted by Crippen LogP contribution is 2.31. The molecule has 35 heavy (non-hydrogen) atoms. The summed E-state index contributed by atoms with van der Waals surface area (Å²) in [6, 6.07) is 17.4. The lowest BCUT2D eigenvalue weighted by Gasteiger charge is -2.12. The third-order valence-electron chi connectivity index (χ3n) is 5.26. The van der Waals surface area contributed by atoms with Crippen LogP contribution in [0.4, 0.5) is 11.4 Å². The van der Waals surface area contributed by atoms with Gasteiger partial charge in [0.25, 0.3) is 21.6 Å². The first kappa shape index (κ1) is 23.8. The SMILES string of the molecule is COc1cccc2cc(C(C)NC(=O)c3ccc(NS(=O)(=O)c4cccc([N+](=O)[O-])c4)cc3)oc12. The predicted octanol–water partition coefficient (Wildman–Crippen LogP) is 4.64. The third-order valence-corrected chi connectivity index (χ3v) is 6.64. The van der Waals surface area contributed by atoms with Crippen LogP contribution in [-0.4, -0.2) is 26.4 Å². The van der Waals surface area contributed by atoms with Crippen molar-refractivity contribution in [3.05, 3.63) is 94.2 Å². The van der Waals surface area contributed by atoms with Crippen LogP contribution in [0.15, 0.2) is 82.1 Å². The average molecular weight is 496 g/mol. The summed E-state index contributed by atoms with van der Waals surface area (Å²) >= 11 is 0. The lowest BCUT2D eigenvalue weighted by molar-refractivity contribution is -0.385. The van der Waals surface area contributed by atoms with E-state index in [0.29, 0.717) is 22.7 Å². The number of nitro benzene ring substituents is 1. The van der Waals surface area contributed by atoms with Crippen molar-refractivity contribution >= 4 is 38.3 Å². The van der Waals surface area contributed by atoms with Gasteiger partial charge in [0.1, 0.15) is 5.76 Å². The minimum Gasteiger partial charge on any atom is -0.493 e. The quantitative estimate of drug-likeness (QED) is 0.268. The number of nitrogens with zero attached hydrogens (tertiary/aromatic N) is 1. The summed E-state index contributed by atoms with van der Waals surface area (Å²) in [6.45, 7) is 1.78. The van der Waals surface area contributed by atoms with Gasteiger partial charge < -0.3 is 14.5 Å². The molecule has 1 amide bonds. The van der Waals surface area contributed by atoms with Crippen molar-refractivity contribution in [2.75, 3.05) is 11.8 Å². The first-order chi connectivity index (χ1) is 16.7. The number of carbonyl (C=O) groups excluding carboxylic acids is 1. The highest BCUT2D eigenvalue weighted by atomic mass is 32.2. The zero-order valence-electron chi connectivity index (χ0n) is 18.7. The van der Waals surface area contributed by atoms with Gasteiger partial charge in [-0.2, -0.15) is 0 Å². The number of non-ortho nitro benzene ring substituents is 1. The van der Waals surface area contributed by atoms with Gasteiger partial charge in [0.15, 0.2) is 11.3 Å². The summed E-state index contributed by atoms with van der Waals surface area (Å²) in [7, 11) is -2.50. The minimum absolute atomic E-state index is 0.200. The Morgan fingerprint density at radius 2 is 1.77 bits per heavy atom. The Balaban J connectivity index is 1.45. The van der Waals surface area contributed by atoms with Crippen molar-refractivity contribution in [3.63, 3.8) is 0 Å². The Hall–Kier alpha value is -4.38. The number of nitrogens with one attached hydrogen (secondary N) is 2. The Labute approximate surface area is 200 Å². The summed E-state index contributed by atoms with van der Waals surface area (Å²) in [5, 5.41) is 14.6. The molecule has 4 aromatic rings. The first-order valence-corrected chi connectivity index (χ1v) is 11.9. The number of hydrogen-bond acceptors (Lipinski definition) is 7. The molecule has 10 nitrogen and oxygen atoms in total. The van der Waals surface area contributed by atoms with E-state index in [2.05, 4.69) is 10.0 Å². The van der Waals surface area contributed by atoms with E-state index in [-0.39, 0.29) is 22.2 Å². The molecule has 0 aliphatic heterocycles. The fourth-order valence-electron chi connectivity index (χ4n) is 3.45. The van der Waals surface area contributed by atoms with E-state index in [9.17, 15) is 23.3 Å². The Kier molecular flexibility index (Phi) is 6.43. The van der Waals surface area contributed by atoms with E-state index >= 15 is 0 Å². The van der Waals surface area contributed by atoms with Gasteiger partial charge in [-0.05, 0) is 49.4 Å². The van der Waals surface area contributed by atoms with Crippen LogP contribution in [0.2, 0.25) is 0 Å². The van der Waals surface area contributed by atoms with E-state index in [0.717, 1.165) is 11.5 Å². The van der Waals surface area contributed by atoms with Crippen LogP contribution >= 0.6 is 0 Å². The fourth-order valence-corrected chi connectivity index (χ4v) is 4.55. The van der Waals surface area contributed by atoms with E-state index in [4.69, 9.17) is 9.15 Å². The van der Waals surface area contributed by atoms with Gasteiger partial charge in [0, 0.05) is 28.8 Å². The molecule has 0 bridgehead atoms. The Morgan fingerprint density at radius 1 is 1.06 bits per heavy atom. The molecule has 2 N–H and O–H groups in total. The van der Waals surface area contributed by atoms with Crippen LogP contribution in [0, 0.1) is 10.1 Å². The second-order valence-corrected chi connectivity index (χ2v) is 9.34. The maximum atomic E-state index is 12.7. The Morgan fingerprint density at radius 3 is 2.46 bits per heavy atom. The number of anilines is 1. The van der Waals surface area contributed by atoms with Crippen molar-refractivity contribution in [2.45, 2.75) is 17.9 Å². The first-order valence-electron chi connectivity index (χ1n) is 10.4. The molecular formula is C24H21N3O7S. The highest BCUT2D eigenvalue weighted by molar-refractivity contribution is 7.92. The van der Waals surface area contributed by atoms with Gasteiger partial charge in [0.05, 0.1) is 23.0 Å². The number of hydrogen-bond donors (Lipinski definition) is 2. The van der Waals surface area contributed by atoms with Crippen LogP contribution < -0.4 is 14.8 Å². The summed E-state index contributed by atoms with van der Waals surface area (Å²) in [5.41, 5.74) is 0.762. The zero-order chi connectivity index (χ0) is 25.2.